The molecule has 0 unspecified atom stereocenters. The summed E-state index contributed by atoms with van der Waals surface area (Å²) in [6.07, 6.45) is 19.3. The van der Waals surface area contributed by atoms with Gasteiger partial charge in [0.15, 0.2) is 0 Å². The number of rotatable bonds is 6. The molecule has 78 heavy (non-hydrogen) atoms. The normalized spacial score (nSPS) is 15.9. The van der Waals surface area contributed by atoms with Gasteiger partial charge in [0.2, 0.25) is 0 Å². The van der Waals surface area contributed by atoms with E-state index in [4.69, 9.17) is 0 Å². The van der Waals surface area contributed by atoms with Crippen molar-refractivity contribution in [2.75, 3.05) is 0 Å². The highest BCUT2D eigenvalue weighted by atomic mass is 15.0. The van der Waals surface area contributed by atoms with Crippen molar-refractivity contribution in [3.63, 3.8) is 0 Å². The van der Waals surface area contributed by atoms with Crippen LogP contribution in [-0.2, 0) is 10.8 Å². The molecule has 0 saturated heterocycles. The summed E-state index contributed by atoms with van der Waals surface area (Å²) in [7, 11) is 0. The molecule has 2 nitrogen and oxygen atoms in total. The van der Waals surface area contributed by atoms with Gasteiger partial charge in [-0.1, -0.05) is 196 Å². The predicted molar refractivity (Wildman–Crippen MR) is 330 cm³/mol. The van der Waals surface area contributed by atoms with Gasteiger partial charge in [0, 0.05) is 43.7 Å². The van der Waals surface area contributed by atoms with Crippen LogP contribution in [0.4, 0.5) is 0 Å². The van der Waals surface area contributed by atoms with Gasteiger partial charge >= 0.3 is 0 Å². The molecule has 11 aromatic carbocycles. The van der Waals surface area contributed by atoms with Gasteiger partial charge in [-0.2, -0.15) is 0 Å². The second kappa shape index (κ2) is 16.8. The minimum absolute atomic E-state index is 0.0597. The molecule has 0 N–H and O–H groups in total. The zero-order valence-corrected chi connectivity index (χ0v) is 43.6. The summed E-state index contributed by atoms with van der Waals surface area (Å²) >= 11 is 0. The number of aromatic nitrogens is 2. The lowest BCUT2D eigenvalue weighted by atomic mass is 9.74. The predicted octanol–water partition coefficient (Wildman–Crippen LogP) is 20.2. The summed E-state index contributed by atoms with van der Waals surface area (Å²) in [6, 6.07) is 82.9. The molecule has 2 aromatic heterocycles. The van der Waals surface area contributed by atoms with Gasteiger partial charge in [-0.3, -0.25) is 0 Å². The summed E-state index contributed by atoms with van der Waals surface area (Å²) < 4.78 is 4.86. The van der Waals surface area contributed by atoms with Crippen LogP contribution in [-0.4, -0.2) is 9.13 Å². The summed E-state index contributed by atoms with van der Waals surface area (Å²) in [5.41, 5.74) is 24.6. The van der Waals surface area contributed by atoms with E-state index in [1.807, 2.05) is 0 Å². The highest BCUT2D eigenvalue weighted by molar-refractivity contribution is 6.11. The Morgan fingerprint density at radius 3 is 1.08 bits per heavy atom. The SMILES string of the molecule is C(=C\c1ccc2c(c1)c1ccccc1n2-c1ccc2ccccc2c1)/c1ccc2c(c1)C1(CCCC1)c1cc3c(cc1-2)C1(CCCC1)c1cc(/C=C/c2ccc4c(c2)c2ccccc2n4-c2ccc4ccccc4c2)ccc1-3. The lowest BCUT2D eigenvalue weighted by Crippen LogP contribution is -2.22. The van der Waals surface area contributed by atoms with Crippen molar-refractivity contribution >= 4 is 89.5 Å². The van der Waals surface area contributed by atoms with Gasteiger partial charge in [0.05, 0.1) is 22.1 Å². The molecule has 2 heterocycles. The maximum absolute atomic E-state index is 2.69. The highest BCUT2D eigenvalue weighted by Crippen LogP contribution is 2.63. The molecule has 0 aliphatic heterocycles. The van der Waals surface area contributed by atoms with Gasteiger partial charge in [-0.15, -0.1) is 0 Å². The van der Waals surface area contributed by atoms with E-state index in [-0.39, 0.29) is 10.8 Å². The largest absolute Gasteiger partial charge is 0.309 e. The van der Waals surface area contributed by atoms with Gasteiger partial charge in [0.25, 0.3) is 0 Å². The second-order valence-electron chi connectivity index (χ2n) is 23.1. The third kappa shape index (κ3) is 6.44. The van der Waals surface area contributed by atoms with E-state index in [1.54, 1.807) is 22.3 Å². The molecule has 2 spiro atoms. The van der Waals surface area contributed by atoms with E-state index in [1.165, 1.54) is 172 Å². The van der Waals surface area contributed by atoms with E-state index < -0.39 is 0 Å². The van der Waals surface area contributed by atoms with Crippen LogP contribution in [0.1, 0.15) is 95.9 Å². The van der Waals surface area contributed by atoms with Crippen molar-refractivity contribution in [1.29, 1.82) is 0 Å². The molecule has 0 radical (unpaired) electrons. The van der Waals surface area contributed by atoms with Crippen molar-refractivity contribution in [1.82, 2.24) is 9.13 Å². The molecular formula is C76H56N2. The van der Waals surface area contributed by atoms with Crippen molar-refractivity contribution in [2.24, 2.45) is 0 Å². The molecule has 2 fully saturated rings. The van der Waals surface area contributed by atoms with Crippen LogP contribution in [0, 0.1) is 0 Å². The Bertz CT molecular complexity index is 4450. The average molecular weight is 997 g/mol. The first kappa shape index (κ1) is 44.2. The standard InChI is InChI=1S/C76H56N2/c1-3-15-55-45-57(31-29-53(55)13-1)77-71-19-7-5-17-61(71)65-41-49(27-35-73(65)77)21-23-51-25-33-59-63-47-70-64(48-69(63)75(67(59)43-51)37-9-10-38-75)60-34-26-52(44-68(60)76(70)39-11-12-40-76)24-22-50-28-36-74-66(42-50)62-18-6-8-20-72(62)78(74)58-32-30-54-14-2-4-16-56(54)46-58/h1-8,13-36,41-48H,9-12,37-40H2/b23-21+,24-22+. The van der Waals surface area contributed by atoms with Crippen LogP contribution in [0.5, 0.6) is 0 Å². The lowest BCUT2D eigenvalue weighted by molar-refractivity contribution is 0.543. The molecule has 4 aliphatic rings. The van der Waals surface area contributed by atoms with Crippen LogP contribution in [0.25, 0.3) is 123 Å². The summed E-state index contributed by atoms with van der Waals surface area (Å²) in [4.78, 5) is 0. The van der Waals surface area contributed by atoms with E-state index in [9.17, 15) is 0 Å². The Kier molecular flexibility index (Phi) is 9.49. The second-order valence-corrected chi connectivity index (χ2v) is 23.1. The topological polar surface area (TPSA) is 9.86 Å². The summed E-state index contributed by atoms with van der Waals surface area (Å²) in [5.74, 6) is 0. The number of nitrogens with zero attached hydrogens (tertiary/aromatic N) is 2. The Hall–Kier alpha value is -8.98. The molecule has 13 aromatic rings. The third-order valence-electron chi connectivity index (χ3n) is 19.1. The maximum Gasteiger partial charge on any atom is 0.0541 e. The number of hydrogen-bond donors (Lipinski definition) is 0. The van der Waals surface area contributed by atoms with Crippen LogP contribution in [0.3, 0.4) is 0 Å². The highest BCUT2D eigenvalue weighted by Gasteiger charge is 2.50. The smallest absolute Gasteiger partial charge is 0.0541 e. The fraction of sp³-hybridized carbons (Fsp3) is 0.132. The molecule has 2 heteroatoms. The molecule has 370 valence electrons. The van der Waals surface area contributed by atoms with Crippen LogP contribution in [0.15, 0.2) is 218 Å². The monoisotopic (exact) mass is 996 g/mol. The van der Waals surface area contributed by atoms with E-state index >= 15 is 0 Å². The first-order valence-electron chi connectivity index (χ1n) is 28.5. The first-order chi connectivity index (χ1) is 38.6. The molecule has 0 atom stereocenters. The minimum atomic E-state index is 0.0597. The van der Waals surface area contributed by atoms with Gasteiger partial charge in [-0.25, -0.2) is 0 Å². The minimum Gasteiger partial charge on any atom is -0.309 e. The number of fused-ring (bicyclic) bond motifs is 18. The quantitative estimate of drug-likeness (QED) is 0.147. The third-order valence-corrected chi connectivity index (χ3v) is 19.1. The van der Waals surface area contributed by atoms with E-state index in [2.05, 4.69) is 252 Å². The van der Waals surface area contributed by atoms with Gasteiger partial charge < -0.3 is 9.13 Å². The molecule has 4 aliphatic carbocycles. The molecule has 2 saturated carbocycles. The van der Waals surface area contributed by atoms with Crippen LogP contribution < -0.4 is 0 Å². The van der Waals surface area contributed by atoms with Crippen molar-refractivity contribution in [2.45, 2.75) is 62.2 Å². The fourth-order valence-corrected chi connectivity index (χ4v) is 15.5. The van der Waals surface area contributed by atoms with Crippen molar-refractivity contribution < 1.29 is 0 Å². The Balaban J connectivity index is 0.697. The summed E-state index contributed by atoms with van der Waals surface area (Å²) in [6.45, 7) is 0. The van der Waals surface area contributed by atoms with E-state index in [0.717, 1.165) is 0 Å². The summed E-state index contributed by atoms with van der Waals surface area (Å²) in [5, 5.41) is 10.2. The van der Waals surface area contributed by atoms with Crippen LogP contribution >= 0.6 is 0 Å². The molecular weight excluding hydrogens is 941 g/mol. The lowest BCUT2D eigenvalue weighted by Gasteiger charge is -2.29. The Labute approximate surface area is 454 Å². The Morgan fingerprint density at radius 1 is 0.269 bits per heavy atom. The molecule has 17 rings (SSSR count). The van der Waals surface area contributed by atoms with E-state index in [0.29, 0.717) is 0 Å². The van der Waals surface area contributed by atoms with Crippen LogP contribution in [0.2, 0.25) is 0 Å². The first-order valence-corrected chi connectivity index (χ1v) is 28.5. The Morgan fingerprint density at radius 2 is 0.628 bits per heavy atom. The molecule has 0 bridgehead atoms. The number of hydrogen-bond acceptors (Lipinski definition) is 0. The van der Waals surface area contributed by atoms with Crippen molar-refractivity contribution in [3.05, 3.63) is 263 Å². The van der Waals surface area contributed by atoms with Gasteiger partial charge in [-0.05, 0) is 187 Å². The molecule has 0 amide bonds. The zero-order valence-electron chi connectivity index (χ0n) is 43.6. The number of para-hydroxylation sites is 2. The maximum atomic E-state index is 2.69. The zero-order chi connectivity index (χ0) is 51.1. The fourth-order valence-electron chi connectivity index (χ4n) is 15.5. The van der Waals surface area contributed by atoms with Crippen molar-refractivity contribution in [3.8, 4) is 33.6 Å². The number of benzene rings is 11. The van der Waals surface area contributed by atoms with Gasteiger partial charge in [0.1, 0.15) is 0 Å². The average Bonchev–Trinajstić information content (AvgIpc) is 4.47.